The molecule has 4 rings (SSSR count). The summed E-state index contributed by atoms with van der Waals surface area (Å²) in [5, 5.41) is 2.28. The van der Waals surface area contributed by atoms with Crippen LogP contribution in [-0.2, 0) is 0 Å². The van der Waals surface area contributed by atoms with Crippen molar-refractivity contribution in [2.75, 3.05) is 31.1 Å². The lowest BCUT2D eigenvalue weighted by Crippen LogP contribution is -2.29. The third-order valence-corrected chi connectivity index (χ3v) is 6.97. The Morgan fingerprint density at radius 3 is 2.39 bits per heavy atom. The Hall–Kier alpha value is -3.11. The summed E-state index contributed by atoms with van der Waals surface area (Å²) in [6, 6.07) is 13.0. The van der Waals surface area contributed by atoms with E-state index in [4.69, 9.17) is 10.2 Å². The minimum absolute atomic E-state index is 0.169. The number of hydrogen-bond donors (Lipinski definition) is 1. The molecule has 2 N–H and O–H groups in total. The second kappa shape index (κ2) is 9.40. The van der Waals surface area contributed by atoms with Crippen LogP contribution in [0.5, 0.6) is 0 Å². The van der Waals surface area contributed by atoms with Gasteiger partial charge in [0.1, 0.15) is 24.4 Å². The number of hydrogen-bond acceptors (Lipinski definition) is 3. The summed E-state index contributed by atoms with van der Waals surface area (Å²) in [6.07, 6.45) is 4.20. The van der Waals surface area contributed by atoms with Gasteiger partial charge in [-0.15, -0.1) is 0 Å². The highest BCUT2D eigenvalue weighted by Crippen LogP contribution is 2.41. The molecule has 1 unspecified atom stereocenters. The second-order valence-electron chi connectivity index (χ2n) is 8.67. The molecule has 0 radical (unpaired) electrons. The maximum atomic E-state index is 6.57. The number of benzene rings is 2. The van der Waals surface area contributed by atoms with Crippen molar-refractivity contribution in [3.63, 3.8) is 0 Å². The van der Waals surface area contributed by atoms with Crippen LogP contribution in [0.15, 0.2) is 70.7 Å². The predicted octanol–water partition coefficient (Wildman–Crippen LogP) is 5.42. The van der Waals surface area contributed by atoms with Gasteiger partial charge in [0.15, 0.2) is 0 Å². The van der Waals surface area contributed by atoms with Gasteiger partial charge in [0.05, 0.1) is 12.1 Å². The molecule has 0 saturated carbocycles. The van der Waals surface area contributed by atoms with Gasteiger partial charge in [-0.3, -0.25) is 0 Å². The highest BCUT2D eigenvalue weighted by molar-refractivity contribution is 6.02. The lowest BCUT2D eigenvalue weighted by molar-refractivity contribution is 0.604. The zero-order valence-electron chi connectivity index (χ0n) is 20.6. The molecule has 1 atom stereocenters. The number of rotatable bonds is 6. The third kappa shape index (κ3) is 4.04. The smallest absolute Gasteiger partial charge is 0.203 e. The first-order chi connectivity index (χ1) is 15.9. The first-order valence-corrected chi connectivity index (χ1v) is 12.1. The molecule has 0 saturated heterocycles. The molecule has 1 aromatic rings. The van der Waals surface area contributed by atoms with Crippen molar-refractivity contribution in [2.45, 2.75) is 40.7 Å². The van der Waals surface area contributed by atoms with E-state index in [9.17, 15) is 0 Å². The molecule has 3 aliphatic rings. The van der Waals surface area contributed by atoms with Crippen LogP contribution in [0.2, 0.25) is 0 Å². The average Bonchev–Trinajstić information content (AvgIpc) is 2.83. The first-order valence-electron chi connectivity index (χ1n) is 12.1. The molecule has 1 aliphatic heterocycles. The Balaban J connectivity index is 2.10. The van der Waals surface area contributed by atoms with Gasteiger partial charge in [0.2, 0.25) is 5.36 Å². The molecule has 172 valence electrons. The van der Waals surface area contributed by atoms with Crippen LogP contribution in [-0.4, -0.2) is 32.2 Å². The molecule has 4 heteroatoms. The van der Waals surface area contributed by atoms with Gasteiger partial charge >= 0.3 is 0 Å². The van der Waals surface area contributed by atoms with Crippen LogP contribution >= 0.6 is 0 Å². The van der Waals surface area contributed by atoms with Crippen molar-refractivity contribution in [3.8, 4) is 11.3 Å². The molecule has 0 spiro atoms. The molecule has 0 aromatic heterocycles. The largest absolute Gasteiger partial charge is 0.456 e. The van der Waals surface area contributed by atoms with E-state index in [-0.39, 0.29) is 6.04 Å². The third-order valence-electron chi connectivity index (χ3n) is 6.97. The summed E-state index contributed by atoms with van der Waals surface area (Å²) in [4.78, 5) is 2.34. The number of fused-ring (bicyclic) bond motifs is 2. The van der Waals surface area contributed by atoms with E-state index >= 15 is 0 Å². The number of nitrogens with zero attached hydrogens (tertiary/aromatic N) is 2. The van der Waals surface area contributed by atoms with Gasteiger partial charge in [-0.05, 0) is 69.5 Å². The zero-order valence-corrected chi connectivity index (χ0v) is 20.6. The fourth-order valence-corrected chi connectivity index (χ4v) is 4.88. The van der Waals surface area contributed by atoms with Crippen molar-refractivity contribution in [1.82, 2.24) is 4.58 Å². The Morgan fingerprint density at radius 1 is 1.00 bits per heavy atom. The lowest BCUT2D eigenvalue weighted by atomic mass is 9.84. The molecular weight excluding hydrogens is 406 g/mol. The maximum Gasteiger partial charge on any atom is 0.203 e. The van der Waals surface area contributed by atoms with E-state index in [1.54, 1.807) is 0 Å². The van der Waals surface area contributed by atoms with E-state index in [2.05, 4.69) is 93.1 Å². The predicted molar refractivity (Wildman–Crippen MR) is 142 cm³/mol. The van der Waals surface area contributed by atoms with E-state index in [0.29, 0.717) is 0 Å². The Kier molecular flexibility index (Phi) is 6.57. The van der Waals surface area contributed by atoms with E-state index in [1.807, 2.05) is 6.08 Å². The topological polar surface area (TPSA) is 45.4 Å². The molecule has 0 bridgehead atoms. The van der Waals surface area contributed by atoms with Crippen LogP contribution in [0, 0.1) is 0 Å². The normalized spacial score (nSPS) is 16.2. The lowest BCUT2D eigenvalue weighted by Gasteiger charge is -2.25. The number of anilines is 1. The molecule has 2 aliphatic carbocycles. The van der Waals surface area contributed by atoms with E-state index in [1.165, 1.54) is 16.6 Å². The minimum atomic E-state index is -0.169. The van der Waals surface area contributed by atoms with Crippen molar-refractivity contribution in [3.05, 3.63) is 77.2 Å². The monoisotopic (exact) mass is 442 g/mol. The average molecular weight is 443 g/mol. The van der Waals surface area contributed by atoms with Crippen molar-refractivity contribution in [2.24, 2.45) is 5.73 Å². The van der Waals surface area contributed by atoms with Gasteiger partial charge in [0.25, 0.3) is 0 Å². The summed E-state index contributed by atoms with van der Waals surface area (Å²) in [7, 11) is 0. The second-order valence-corrected chi connectivity index (χ2v) is 8.67. The van der Waals surface area contributed by atoms with Crippen LogP contribution in [0.3, 0.4) is 0 Å². The van der Waals surface area contributed by atoms with Gasteiger partial charge < -0.3 is 15.1 Å². The van der Waals surface area contributed by atoms with Crippen LogP contribution < -0.4 is 20.6 Å². The first kappa shape index (κ1) is 23.1. The van der Waals surface area contributed by atoms with Crippen LogP contribution in [0.1, 0.15) is 40.2 Å². The Morgan fingerprint density at radius 2 is 1.73 bits per heavy atom. The van der Waals surface area contributed by atoms with E-state index < -0.39 is 0 Å². The zero-order chi connectivity index (χ0) is 23.7. The van der Waals surface area contributed by atoms with Crippen LogP contribution in [0.4, 0.5) is 5.69 Å². The van der Waals surface area contributed by atoms with Crippen molar-refractivity contribution >= 4 is 22.2 Å². The summed E-state index contributed by atoms with van der Waals surface area (Å²) in [5.41, 5.74) is 14.1. The highest BCUT2D eigenvalue weighted by atomic mass is 16.3. The maximum absolute atomic E-state index is 6.57. The summed E-state index contributed by atoms with van der Waals surface area (Å²) in [5.74, 6) is 0.894. The fourth-order valence-electron chi connectivity index (χ4n) is 4.88. The van der Waals surface area contributed by atoms with Crippen molar-refractivity contribution in [1.29, 1.82) is 0 Å². The van der Waals surface area contributed by atoms with Gasteiger partial charge in [-0.1, -0.05) is 18.7 Å². The standard InChI is InChI=1S/C29H36N3O/c1-7-31(8-2)21-12-15-24-26(17-21)33-27-18-22(32(9-3)10-4)13-16-25(27)28(24)23-14-11-19(5)29(30)20(23)6/h11-18,29H,5,7-10,30H2,1-4,6H3/q+1. The van der Waals surface area contributed by atoms with Gasteiger partial charge in [-0.2, -0.15) is 0 Å². The molecule has 0 amide bonds. The SMILES string of the molecule is C=C1C=CC(c2c3ccc(=[N+](CC)CC)cc-3oc3cc(N(CC)CC)ccc23)=C(C)C1N. The molecule has 0 fully saturated rings. The minimum Gasteiger partial charge on any atom is -0.456 e. The molecular formula is C29H36N3O+. The summed E-state index contributed by atoms with van der Waals surface area (Å²) >= 11 is 0. The van der Waals surface area contributed by atoms with Crippen molar-refractivity contribution < 1.29 is 4.42 Å². The number of nitrogens with two attached hydrogens (primary N) is 1. The molecule has 33 heavy (non-hydrogen) atoms. The Labute approximate surface area is 197 Å². The number of allylic oxidation sites excluding steroid dienone is 2. The Bertz CT molecular complexity index is 1300. The molecule has 1 heterocycles. The van der Waals surface area contributed by atoms with E-state index in [0.717, 1.165) is 65.2 Å². The summed E-state index contributed by atoms with van der Waals surface area (Å²) in [6.45, 7) is 18.8. The van der Waals surface area contributed by atoms with Gasteiger partial charge in [-0.25, -0.2) is 4.58 Å². The quantitative estimate of drug-likeness (QED) is 0.409. The van der Waals surface area contributed by atoms with Gasteiger partial charge in [0, 0.05) is 47.4 Å². The van der Waals surface area contributed by atoms with Crippen LogP contribution in [0.25, 0.3) is 27.9 Å². The summed E-state index contributed by atoms with van der Waals surface area (Å²) < 4.78 is 8.92. The molecule has 1 aromatic carbocycles. The molecule has 4 nitrogen and oxygen atoms in total. The highest BCUT2D eigenvalue weighted by Gasteiger charge is 2.24. The fraction of sp³-hybridized carbons (Fsp3) is 0.345.